The molecular formula is C22H24ClN3O4S2. The van der Waals surface area contributed by atoms with Crippen molar-refractivity contribution in [1.29, 1.82) is 0 Å². The van der Waals surface area contributed by atoms with Crippen molar-refractivity contribution >= 4 is 54.0 Å². The van der Waals surface area contributed by atoms with Crippen molar-refractivity contribution in [3.8, 4) is 0 Å². The van der Waals surface area contributed by atoms with Gasteiger partial charge in [-0.15, -0.1) is 0 Å². The van der Waals surface area contributed by atoms with Crippen molar-refractivity contribution in [3.63, 3.8) is 0 Å². The van der Waals surface area contributed by atoms with Gasteiger partial charge in [-0.3, -0.25) is 14.6 Å². The lowest BCUT2D eigenvalue weighted by atomic mass is 10.2. The van der Waals surface area contributed by atoms with Crippen LogP contribution in [0.2, 0.25) is 5.02 Å². The fraction of sp³-hybridized carbons (Fsp3) is 0.364. The number of ether oxygens (including phenoxy) is 1. The standard InChI is InChI=1S/C22H24ClN3O4S2/c1-15-12-17(23)14-19-20(15)24-22(31-19)26(7-6-25-8-10-30-11-9-25)21(27)16-4-3-5-18(13-16)32(2,28)29/h3-5,12-14H,6-11H2,1-2H3. The van der Waals surface area contributed by atoms with E-state index in [1.54, 1.807) is 17.0 Å². The molecule has 0 unspecified atom stereocenters. The molecule has 3 aromatic rings. The van der Waals surface area contributed by atoms with Gasteiger partial charge >= 0.3 is 0 Å². The summed E-state index contributed by atoms with van der Waals surface area (Å²) >= 11 is 7.62. The molecule has 1 saturated heterocycles. The number of carbonyl (C=O) groups excluding carboxylic acids is 1. The number of rotatable bonds is 6. The van der Waals surface area contributed by atoms with Crippen molar-refractivity contribution in [1.82, 2.24) is 9.88 Å². The molecule has 1 amide bonds. The van der Waals surface area contributed by atoms with Gasteiger partial charge in [-0.2, -0.15) is 0 Å². The van der Waals surface area contributed by atoms with E-state index in [1.165, 1.54) is 23.5 Å². The molecule has 1 aliphatic rings. The third-order valence-corrected chi connectivity index (χ3v) is 7.72. The second kappa shape index (κ2) is 9.44. The second-order valence-electron chi connectivity index (χ2n) is 7.78. The molecule has 1 fully saturated rings. The zero-order chi connectivity index (χ0) is 22.9. The Morgan fingerprint density at radius 1 is 1.25 bits per heavy atom. The van der Waals surface area contributed by atoms with Crippen LogP contribution in [-0.4, -0.2) is 69.9 Å². The van der Waals surface area contributed by atoms with Gasteiger partial charge < -0.3 is 4.74 Å². The average molecular weight is 494 g/mol. The highest BCUT2D eigenvalue weighted by Crippen LogP contribution is 2.33. The number of benzene rings is 2. The van der Waals surface area contributed by atoms with Crippen molar-refractivity contribution < 1.29 is 17.9 Å². The van der Waals surface area contributed by atoms with Gasteiger partial charge in [0.1, 0.15) is 0 Å². The first-order valence-corrected chi connectivity index (χ1v) is 13.3. The van der Waals surface area contributed by atoms with Gasteiger partial charge in [-0.1, -0.05) is 29.0 Å². The quantitative estimate of drug-likeness (QED) is 0.521. The predicted octanol–water partition coefficient (Wildman–Crippen LogP) is 3.64. The summed E-state index contributed by atoms with van der Waals surface area (Å²) in [6.45, 7) is 5.98. The minimum absolute atomic E-state index is 0.114. The Kier molecular flexibility index (Phi) is 6.83. The van der Waals surface area contributed by atoms with Gasteiger partial charge in [0.2, 0.25) is 0 Å². The molecule has 0 bridgehead atoms. The zero-order valence-electron chi connectivity index (χ0n) is 17.9. The smallest absolute Gasteiger partial charge is 0.260 e. The molecule has 32 heavy (non-hydrogen) atoms. The van der Waals surface area contributed by atoms with E-state index in [1.807, 2.05) is 19.1 Å². The predicted molar refractivity (Wildman–Crippen MR) is 128 cm³/mol. The highest BCUT2D eigenvalue weighted by molar-refractivity contribution is 7.90. The van der Waals surface area contributed by atoms with Crippen LogP contribution in [0.15, 0.2) is 41.3 Å². The number of hydrogen-bond acceptors (Lipinski definition) is 7. The maximum atomic E-state index is 13.6. The topological polar surface area (TPSA) is 79.8 Å². The molecule has 0 N–H and O–H groups in total. The number of thiazole rings is 1. The molecule has 0 spiro atoms. The summed E-state index contributed by atoms with van der Waals surface area (Å²) in [5.74, 6) is -0.286. The van der Waals surface area contributed by atoms with Crippen LogP contribution in [0, 0.1) is 6.92 Å². The van der Waals surface area contributed by atoms with Gasteiger partial charge in [-0.25, -0.2) is 13.4 Å². The van der Waals surface area contributed by atoms with Crippen LogP contribution < -0.4 is 4.90 Å². The molecule has 7 nitrogen and oxygen atoms in total. The third kappa shape index (κ3) is 5.13. The van der Waals surface area contributed by atoms with E-state index in [0.717, 1.165) is 35.1 Å². The lowest BCUT2D eigenvalue weighted by Crippen LogP contribution is -2.43. The van der Waals surface area contributed by atoms with Crippen LogP contribution in [0.3, 0.4) is 0 Å². The molecule has 2 heterocycles. The van der Waals surface area contributed by atoms with Gasteiger partial charge in [0.25, 0.3) is 5.91 Å². The molecule has 1 aliphatic heterocycles. The number of halogens is 1. The molecule has 0 saturated carbocycles. The molecule has 4 rings (SSSR count). The van der Waals surface area contributed by atoms with Gasteiger partial charge in [0, 0.05) is 43.0 Å². The molecule has 0 aliphatic carbocycles. The number of nitrogens with zero attached hydrogens (tertiary/aromatic N) is 3. The Balaban J connectivity index is 1.70. The van der Waals surface area contributed by atoms with E-state index in [-0.39, 0.29) is 10.8 Å². The highest BCUT2D eigenvalue weighted by atomic mass is 35.5. The van der Waals surface area contributed by atoms with E-state index in [2.05, 4.69) is 4.90 Å². The van der Waals surface area contributed by atoms with Gasteiger partial charge in [0.05, 0.1) is 28.3 Å². The fourth-order valence-corrected chi connectivity index (χ4v) is 5.74. The van der Waals surface area contributed by atoms with Crippen LogP contribution in [0.1, 0.15) is 15.9 Å². The normalized spacial score (nSPS) is 15.2. The molecule has 0 radical (unpaired) electrons. The number of morpholine rings is 1. The summed E-state index contributed by atoms with van der Waals surface area (Å²) in [7, 11) is -3.43. The molecule has 10 heteroatoms. The van der Waals surface area contributed by atoms with Gasteiger partial charge in [-0.05, 0) is 42.8 Å². The first kappa shape index (κ1) is 23.1. The lowest BCUT2D eigenvalue weighted by Gasteiger charge is -2.29. The van der Waals surface area contributed by atoms with E-state index < -0.39 is 9.84 Å². The number of hydrogen-bond donors (Lipinski definition) is 0. The highest BCUT2D eigenvalue weighted by Gasteiger charge is 2.24. The number of carbonyl (C=O) groups is 1. The molecule has 0 atom stereocenters. The van der Waals surface area contributed by atoms with Crippen molar-refractivity contribution in [2.24, 2.45) is 0 Å². The summed E-state index contributed by atoms with van der Waals surface area (Å²) in [5.41, 5.74) is 2.06. The molecular weight excluding hydrogens is 470 g/mol. The molecule has 2 aromatic carbocycles. The largest absolute Gasteiger partial charge is 0.379 e. The van der Waals surface area contributed by atoms with Crippen LogP contribution in [0.5, 0.6) is 0 Å². The minimum atomic E-state index is -3.43. The third-order valence-electron chi connectivity index (χ3n) is 5.37. The second-order valence-corrected chi connectivity index (χ2v) is 11.2. The maximum Gasteiger partial charge on any atom is 0.260 e. The van der Waals surface area contributed by atoms with Crippen LogP contribution in [-0.2, 0) is 14.6 Å². The average Bonchev–Trinajstić information content (AvgIpc) is 3.18. The fourth-order valence-electron chi connectivity index (χ4n) is 3.62. The maximum absolute atomic E-state index is 13.6. The lowest BCUT2D eigenvalue weighted by molar-refractivity contribution is 0.0391. The summed E-state index contributed by atoms with van der Waals surface area (Å²) in [6, 6.07) is 9.84. The van der Waals surface area contributed by atoms with Gasteiger partial charge in [0.15, 0.2) is 15.0 Å². The monoisotopic (exact) mass is 493 g/mol. The minimum Gasteiger partial charge on any atom is -0.379 e. The summed E-state index contributed by atoms with van der Waals surface area (Å²) < 4.78 is 30.3. The Morgan fingerprint density at radius 3 is 2.72 bits per heavy atom. The van der Waals surface area contributed by atoms with Crippen molar-refractivity contribution in [3.05, 3.63) is 52.5 Å². The summed E-state index contributed by atoms with van der Waals surface area (Å²) in [5, 5.41) is 1.19. The number of anilines is 1. The van der Waals surface area contributed by atoms with Crippen LogP contribution >= 0.6 is 22.9 Å². The zero-order valence-corrected chi connectivity index (χ0v) is 20.3. The summed E-state index contributed by atoms with van der Waals surface area (Å²) in [6.07, 6.45) is 1.13. The van der Waals surface area contributed by atoms with E-state index in [9.17, 15) is 13.2 Å². The van der Waals surface area contributed by atoms with Crippen molar-refractivity contribution in [2.75, 3.05) is 50.5 Å². The van der Waals surface area contributed by atoms with E-state index in [0.29, 0.717) is 42.0 Å². The Bertz CT molecular complexity index is 1250. The molecule has 170 valence electrons. The number of aryl methyl sites for hydroxylation is 1. The number of aromatic nitrogens is 1. The summed E-state index contributed by atoms with van der Waals surface area (Å²) in [4.78, 5) is 22.3. The SMILES string of the molecule is Cc1cc(Cl)cc2sc(N(CCN3CCOCC3)C(=O)c3cccc(S(C)(=O)=O)c3)nc12. The Morgan fingerprint density at radius 2 is 2.00 bits per heavy atom. The van der Waals surface area contributed by atoms with Crippen molar-refractivity contribution in [2.45, 2.75) is 11.8 Å². The number of sulfone groups is 1. The number of fused-ring (bicyclic) bond motifs is 1. The van der Waals surface area contributed by atoms with Crippen LogP contribution in [0.4, 0.5) is 5.13 Å². The van der Waals surface area contributed by atoms with Crippen LogP contribution in [0.25, 0.3) is 10.2 Å². The first-order chi connectivity index (χ1) is 15.2. The molecule has 1 aromatic heterocycles. The number of amides is 1. The Hall–Kier alpha value is -2.04. The van der Waals surface area contributed by atoms with E-state index >= 15 is 0 Å². The van der Waals surface area contributed by atoms with E-state index in [4.69, 9.17) is 21.3 Å². The first-order valence-electron chi connectivity index (χ1n) is 10.2. The Labute approximate surface area is 196 Å².